The average Bonchev–Trinajstić information content (AvgIpc) is 3.61. The number of likely N-dealkylation sites (tertiary alicyclic amines) is 1. The Morgan fingerprint density at radius 3 is 2.73 bits per heavy atom. The summed E-state index contributed by atoms with van der Waals surface area (Å²) in [7, 11) is 1.59. The summed E-state index contributed by atoms with van der Waals surface area (Å²) < 4.78 is 20.7. The molecule has 0 radical (unpaired) electrons. The lowest BCUT2D eigenvalue weighted by Gasteiger charge is -2.41. The van der Waals surface area contributed by atoms with Crippen LogP contribution in [0.1, 0.15) is 48.9 Å². The number of pyridine rings is 1. The van der Waals surface area contributed by atoms with Crippen molar-refractivity contribution in [1.82, 2.24) is 34.5 Å². The highest BCUT2D eigenvalue weighted by Gasteiger charge is 2.31. The normalized spacial score (nSPS) is 18.0. The van der Waals surface area contributed by atoms with E-state index in [0.29, 0.717) is 34.1 Å². The topological polar surface area (TPSA) is 116 Å². The summed E-state index contributed by atoms with van der Waals surface area (Å²) in [6.45, 7) is 7.75. The number of methoxy groups -OCH3 is 1. The first-order valence-electron chi connectivity index (χ1n) is 12.4. The molecule has 11 nitrogen and oxygen atoms in total. The van der Waals surface area contributed by atoms with Crippen molar-refractivity contribution in [2.24, 2.45) is 0 Å². The molecule has 6 heterocycles. The number of hydrogen-bond acceptors (Lipinski definition) is 10. The zero-order valence-electron chi connectivity index (χ0n) is 21.0. The summed E-state index contributed by atoms with van der Waals surface area (Å²) in [5, 5.41) is 25.7. The van der Waals surface area contributed by atoms with E-state index in [1.807, 2.05) is 24.6 Å². The molecule has 37 heavy (non-hydrogen) atoms. The van der Waals surface area contributed by atoms with E-state index in [1.54, 1.807) is 17.8 Å². The standard InChI is InChI=1S/C25H28N8O3S/c1-15-23(29-30-33(15)19-4-6-31(7-5-19)20-12-35-13-20)17-8-22(24-18(9-26)10-27-32(24)11-17)36-16(2)21-14-37-25(28-21)34-3/h8,10-11,14,16,19-20H,4-7,12-13H2,1-3H3. The Bertz CT molecular complexity index is 1460. The number of piperidine rings is 1. The fraction of sp³-hybridized carbons (Fsp3) is 0.480. The number of aromatic nitrogens is 6. The van der Waals surface area contributed by atoms with E-state index in [1.165, 1.54) is 11.3 Å². The molecule has 1 unspecified atom stereocenters. The van der Waals surface area contributed by atoms with Crippen LogP contribution in [0.3, 0.4) is 0 Å². The van der Waals surface area contributed by atoms with Gasteiger partial charge in [-0.1, -0.05) is 16.6 Å². The molecule has 4 aromatic heterocycles. The predicted octanol–water partition coefficient (Wildman–Crippen LogP) is 3.41. The maximum absolute atomic E-state index is 9.66. The van der Waals surface area contributed by atoms with Crippen LogP contribution in [0.5, 0.6) is 10.9 Å². The van der Waals surface area contributed by atoms with Crippen LogP contribution in [0, 0.1) is 18.3 Å². The minimum absolute atomic E-state index is 0.313. The van der Waals surface area contributed by atoms with Crippen molar-refractivity contribution < 1.29 is 14.2 Å². The Morgan fingerprint density at radius 2 is 2.05 bits per heavy atom. The number of nitrogens with zero attached hydrogens (tertiary/aromatic N) is 8. The maximum atomic E-state index is 9.66. The molecule has 0 aromatic carbocycles. The highest BCUT2D eigenvalue weighted by molar-refractivity contribution is 7.11. The molecule has 6 rings (SSSR count). The zero-order valence-corrected chi connectivity index (χ0v) is 21.8. The molecule has 0 N–H and O–H groups in total. The van der Waals surface area contributed by atoms with Crippen LogP contribution in [-0.4, -0.2) is 73.9 Å². The molecule has 192 valence electrons. The van der Waals surface area contributed by atoms with Crippen LogP contribution in [0.15, 0.2) is 23.8 Å². The molecule has 2 aliphatic rings. The predicted molar refractivity (Wildman–Crippen MR) is 136 cm³/mol. The Morgan fingerprint density at radius 1 is 1.24 bits per heavy atom. The Kier molecular flexibility index (Phi) is 6.27. The minimum Gasteiger partial charge on any atom is -0.482 e. The molecular formula is C25H28N8O3S. The molecule has 0 saturated carbocycles. The summed E-state index contributed by atoms with van der Waals surface area (Å²) in [6.07, 6.45) is 5.14. The number of ether oxygens (including phenoxy) is 3. The van der Waals surface area contributed by atoms with E-state index in [-0.39, 0.29) is 6.10 Å². The molecule has 0 aliphatic carbocycles. The molecule has 12 heteroatoms. The molecule has 0 spiro atoms. The van der Waals surface area contributed by atoms with Crippen LogP contribution in [0.2, 0.25) is 0 Å². The SMILES string of the molecule is COc1nc(C(C)Oc2cc(-c3nnn(C4CCN(C5COC5)CC4)c3C)cn3ncc(C#N)c23)cs1. The Hall–Kier alpha value is -3.53. The third kappa shape index (κ3) is 4.33. The van der Waals surface area contributed by atoms with Gasteiger partial charge in [-0.25, -0.2) is 14.2 Å². The lowest BCUT2D eigenvalue weighted by Crippen LogP contribution is -2.52. The van der Waals surface area contributed by atoms with E-state index < -0.39 is 0 Å². The second-order valence-electron chi connectivity index (χ2n) is 9.49. The van der Waals surface area contributed by atoms with Crippen molar-refractivity contribution in [3.63, 3.8) is 0 Å². The minimum atomic E-state index is -0.358. The van der Waals surface area contributed by atoms with Gasteiger partial charge < -0.3 is 14.2 Å². The van der Waals surface area contributed by atoms with Gasteiger partial charge in [0, 0.05) is 30.2 Å². The summed E-state index contributed by atoms with van der Waals surface area (Å²) in [5.41, 5.74) is 4.40. The van der Waals surface area contributed by atoms with E-state index in [2.05, 4.69) is 43.0 Å². The monoisotopic (exact) mass is 520 g/mol. The van der Waals surface area contributed by atoms with Gasteiger partial charge >= 0.3 is 0 Å². The molecular weight excluding hydrogens is 492 g/mol. The third-order valence-corrected chi connectivity index (χ3v) is 8.09. The quantitative estimate of drug-likeness (QED) is 0.361. The molecule has 1 atom stereocenters. The number of rotatable bonds is 7. The van der Waals surface area contributed by atoms with Crippen molar-refractivity contribution in [1.29, 1.82) is 5.26 Å². The van der Waals surface area contributed by atoms with Crippen molar-refractivity contribution in [2.45, 2.75) is 44.9 Å². The molecule has 2 aliphatic heterocycles. The van der Waals surface area contributed by atoms with Crippen LogP contribution in [-0.2, 0) is 4.74 Å². The van der Waals surface area contributed by atoms with Gasteiger partial charge in [0.15, 0.2) is 0 Å². The number of hydrogen-bond donors (Lipinski definition) is 0. The van der Waals surface area contributed by atoms with E-state index in [9.17, 15) is 5.26 Å². The van der Waals surface area contributed by atoms with E-state index >= 15 is 0 Å². The number of thiazole rings is 1. The van der Waals surface area contributed by atoms with Crippen molar-refractivity contribution >= 4 is 16.9 Å². The number of nitriles is 1. The zero-order chi connectivity index (χ0) is 25.5. The first-order valence-corrected chi connectivity index (χ1v) is 13.2. The average molecular weight is 521 g/mol. The lowest BCUT2D eigenvalue weighted by atomic mass is 10.0. The molecule has 2 saturated heterocycles. The largest absolute Gasteiger partial charge is 0.482 e. The molecule has 2 fully saturated rings. The summed E-state index contributed by atoms with van der Waals surface area (Å²) >= 11 is 1.41. The van der Waals surface area contributed by atoms with Crippen LogP contribution in [0.4, 0.5) is 0 Å². The Balaban J connectivity index is 1.30. The lowest BCUT2D eigenvalue weighted by molar-refractivity contribution is -0.0735. The van der Waals surface area contributed by atoms with Crippen LogP contribution < -0.4 is 9.47 Å². The second kappa shape index (κ2) is 9.74. The summed E-state index contributed by atoms with van der Waals surface area (Å²) in [4.78, 5) is 6.98. The van der Waals surface area contributed by atoms with Crippen molar-refractivity contribution in [3.05, 3.63) is 40.8 Å². The van der Waals surface area contributed by atoms with Gasteiger partial charge in [0.2, 0.25) is 0 Å². The van der Waals surface area contributed by atoms with Gasteiger partial charge in [-0.05, 0) is 32.8 Å². The van der Waals surface area contributed by atoms with Crippen molar-refractivity contribution in [3.8, 4) is 28.3 Å². The van der Waals surface area contributed by atoms with Gasteiger partial charge in [0.1, 0.15) is 34.7 Å². The van der Waals surface area contributed by atoms with Crippen LogP contribution in [0.25, 0.3) is 16.8 Å². The highest BCUT2D eigenvalue weighted by Crippen LogP contribution is 2.35. The van der Waals surface area contributed by atoms with Gasteiger partial charge in [-0.2, -0.15) is 10.4 Å². The first kappa shape index (κ1) is 23.8. The Labute approximate surface area is 218 Å². The van der Waals surface area contributed by atoms with Gasteiger partial charge in [0.25, 0.3) is 5.19 Å². The molecule has 0 amide bonds. The smallest absolute Gasteiger partial charge is 0.273 e. The summed E-state index contributed by atoms with van der Waals surface area (Å²) in [6, 6.07) is 5.01. The highest BCUT2D eigenvalue weighted by atomic mass is 32.1. The third-order valence-electron chi connectivity index (χ3n) is 7.28. The maximum Gasteiger partial charge on any atom is 0.273 e. The van der Waals surface area contributed by atoms with Crippen molar-refractivity contribution in [2.75, 3.05) is 33.4 Å². The fourth-order valence-corrected chi connectivity index (χ4v) is 5.79. The van der Waals surface area contributed by atoms with Gasteiger partial charge in [0.05, 0.1) is 50.0 Å². The van der Waals surface area contributed by atoms with E-state index in [4.69, 9.17) is 14.2 Å². The molecule has 0 bridgehead atoms. The second-order valence-corrected chi connectivity index (χ2v) is 10.3. The van der Waals surface area contributed by atoms with Crippen LogP contribution >= 0.6 is 11.3 Å². The molecule has 4 aromatic rings. The van der Waals surface area contributed by atoms with Gasteiger partial charge in [-0.15, -0.1) is 5.10 Å². The van der Waals surface area contributed by atoms with E-state index in [0.717, 1.165) is 61.8 Å². The first-order chi connectivity index (χ1) is 18.1. The number of fused-ring (bicyclic) bond motifs is 1. The fourth-order valence-electron chi connectivity index (χ4n) is 5.07. The summed E-state index contributed by atoms with van der Waals surface area (Å²) in [5.74, 6) is 0.538. The van der Waals surface area contributed by atoms with Gasteiger partial charge in [-0.3, -0.25) is 4.90 Å².